The lowest BCUT2D eigenvalue weighted by Gasteiger charge is -2.12. The van der Waals surface area contributed by atoms with Crippen LogP contribution in [0.4, 0.5) is 5.13 Å². The second-order valence-electron chi connectivity index (χ2n) is 7.50. The van der Waals surface area contributed by atoms with E-state index in [4.69, 9.17) is 4.74 Å². The van der Waals surface area contributed by atoms with Crippen molar-refractivity contribution in [3.63, 3.8) is 0 Å². The van der Waals surface area contributed by atoms with Crippen LogP contribution in [0, 0.1) is 6.92 Å². The largest absolute Gasteiger partial charge is 0.483 e. The summed E-state index contributed by atoms with van der Waals surface area (Å²) in [4.78, 5) is 16.8. The van der Waals surface area contributed by atoms with Gasteiger partial charge in [0, 0.05) is 10.9 Å². The minimum absolute atomic E-state index is 0.0387. The molecule has 0 saturated carbocycles. The van der Waals surface area contributed by atoms with E-state index in [-0.39, 0.29) is 12.5 Å². The summed E-state index contributed by atoms with van der Waals surface area (Å²) in [5, 5.41) is 5.38. The Balaban J connectivity index is 1.58. The maximum absolute atomic E-state index is 12.3. The van der Waals surface area contributed by atoms with E-state index >= 15 is 0 Å². The lowest BCUT2D eigenvalue weighted by molar-refractivity contribution is -0.118. The van der Waals surface area contributed by atoms with E-state index in [0.29, 0.717) is 11.0 Å². The van der Waals surface area contributed by atoms with Gasteiger partial charge in [-0.05, 0) is 42.0 Å². The Morgan fingerprint density at radius 3 is 2.62 bits per heavy atom. The Labute approximate surface area is 177 Å². The molecule has 0 fully saturated rings. The summed E-state index contributed by atoms with van der Waals surface area (Å²) in [6.07, 6.45) is 2.22. The van der Waals surface area contributed by atoms with Crippen LogP contribution in [0.5, 0.6) is 5.75 Å². The quantitative estimate of drug-likeness (QED) is 0.482. The van der Waals surface area contributed by atoms with Crippen LogP contribution in [0.2, 0.25) is 0 Å². The SMILES string of the molecule is CCCc1ccc(-c2csc(NC(=O)COc3cc(C(C)C)ccc3C)n2)cc1. The van der Waals surface area contributed by atoms with Gasteiger partial charge in [-0.1, -0.05) is 63.6 Å². The van der Waals surface area contributed by atoms with Crippen molar-refractivity contribution in [1.82, 2.24) is 4.98 Å². The number of carbonyl (C=O) groups excluding carboxylic acids is 1. The molecular weight excluding hydrogens is 380 g/mol. The molecule has 1 amide bonds. The topological polar surface area (TPSA) is 51.2 Å². The van der Waals surface area contributed by atoms with Crippen LogP contribution in [0.25, 0.3) is 11.3 Å². The molecule has 3 aromatic rings. The predicted octanol–water partition coefficient (Wildman–Crippen LogP) is 6.21. The van der Waals surface area contributed by atoms with Crippen LogP contribution < -0.4 is 10.1 Å². The summed E-state index contributed by atoms with van der Waals surface area (Å²) in [5.74, 6) is 0.952. The summed E-state index contributed by atoms with van der Waals surface area (Å²) in [6.45, 7) is 8.39. The predicted molar refractivity (Wildman–Crippen MR) is 121 cm³/mol. The van der Waals surface area contributed by atoms with Crippen molar-refractivity contribution in [3.8, 4) is 17.0 Å². The van der Waals surface area contributed by atoms with Crippen molar-refractivity contribution in [2.45, 2.75) is 46.5 Å². The molecule has 0 radical (unpaired) electrons. The van der Waals surface area contributed by atoms with Gasteiger partial charge in [-0.25, -0.2) is 4.98 Å². The van der Waals surface area contributed by atoms with Gasteiger partial charge in [0.2, 0.25) is 0 Å². The third kappa shape index (κ3) is 5.67. The maximum atomic E-state index is 12.3. The molecule has 0 atom stereocenters. The van der Waals surface area contributed by atoms with E-state index in [1.165, 1.54) is 22.5 Å². The molecule has 0 saturated heterocycles. The molecule has 1 aromatic heterocycles. The Kier molecular flexibility index (Phi) is 7.04. The summed E-state index contributed by atoms with van der Waals surface area (Å²) >= 11 is 1.42. The number of thiazole rings is 1. The van der Waals surface area contributed by atoms with E-state index in [2.05, 4.69) is 61.4 Å². The van der Waals surface area contributed by atoms with E-state index in [9.17, 15) is 4.79 Å². The molecule has 0 aliphatic rings. The van der Waals surface area contributed by atoms with Crippen LogP contribution in [0.3, 0.4) is 0 Å². The van der Waals surface area contributed by atoms with Crippen molar-refractivity contribution in [3.05, 3.63) is 64.5 Å². The monoisotopic (exact) mass is 408 g/mol. The van der Waals surface area contributed by atoms with Gasteiger partial charge in [0.1, 0.15) is 5.75 Å². The number of benzene rings is 2. The van der Waals surface area contributed by atoms with Crippen LogP contribution in [0.1, 0.15) is 49.8 Å². The van der Waals surface area contributed by atoms with Gasteiger partial charge in [0.25, 0.3) is 5.91 Å². The number of hydrogen-bond donors (Lipinski definition) is 1. The van der Waals surface area contributed by atoms with Crippen molar-refractivity contribution in [2.24, 2.45) is 0 Å². The first-order valence-corrected chi connectivity index (χ1v) is 10.9. The minimum atomic E-state index is -0.210. The highest BCUT2D eigenvalue weighted by Crippen LogP contribution is 2.26. The third-order valence-corrected chi connectivity index (χ3v) is 5.53. The lowest BCUT2D eigenvalue weighted by Crippen LogP contribution is -2.20. The second kappa shape index (κ2) is 9.70. The van der Waals surface area contributed by atoms with Gasteiger partial charge in [0.05, 0.1) is 5.69 Å². The molecule has 0 aliphatic carbocycles. The number of anilines is 1. The highest BCUT2D eigenvalue weighted by atomic mass is 32.1. The first kappa shape index (κ1) is 21.1. The molecule has 1 N–H and O–H groups in total. The van der Waals surface area contributed by atoms with Crippen molar-refractivity contribution < 1.29 is 9.53 Å². The number of nitrogens with zero attached hydrogens (tertiary/aromatic N) is 1. The molecule has 29 heavy (non-hydrogen) atoms. The summed E-state index contributed by atoms with van der Waals surface area (Å²) in [6, 6.07) is 14.6. The van der Waals surface area contributed by atoms with E-state index < -0.39 is 0 Å². The molecule has 152 valence electrons. The average Bonchev–Trinajstić information content (AvgIpc) is 3.16. The zero-order chi connectivity index (χ0) is 20.8. The van der Waals surface area contributed by atoms with Gasteiger partial charge in [-0.2, -0.15) is 0 Å². The number of aromatic nitrogens is 1. The number of rotatable bonds is 8. The summed E-state index contributed by atoms with van der Waals surface area (Å²) in [5.41, 5.74) is 5.47. The van der Waals surface area contributed by atoms with Gasteiger partial charge in [-0.15, -0.1) is 11.3 Å². The minimum Gasteiger partial charge on any atom is -0.483 e. The smallest absolute Gasteiger partial charge is 0.264 e. The molecule has 2 aromatic carbocycles. The maximum Gasteiger partial charge on any atom is 0.264 e. The third-order valence-electron chi connectivity index (χ3n) is 4.78. The fourth-order valence-electron chi connectivity index (χ4n) is 3.02. The zero-order valence-electron chi connectivity index (χ0n) is 17.5. The average molecular weight is 409 g/mol. The van der Waals surface area contributed by atoms with Crippen LogP contribution >= 0.6 is 11.3 Å². The summed E-state index contributed by atoms with van der Waals surface area (Å²) in [7, 11) is 0. The lowest BCUT2D eigenvalue weighted by atomic mass is 10.0. The molecule has 4 nitrogen and oxygen atoms in total. The second-order valence-corrected chi connectivity index (χ2v) is 8.36. The number of carbonyl (C=O) groups is 1. The van der Waals surface area contributed by atoms with E-state index in [1.54, 1.807) is 0 Å². The zero-order valence-corrected chi connectivity index (χ0v) is 18.3. The number of nitrogens with one attached hydrogen (secondary N) is 1. The molecular formula is C24H28N2O2S. The Morgan fingerprint density at radius 2 is 1.93 bits per heavy atom. The van der Waals surface area contributed by atoms with E-state index in [0.717, 1.165) is 35.4 Å². The first-order valence-electron chi connectivity index (χ1n) is 10.0. The fourth-order valence-corrected chi connectivity index (χ4v) is 3.76. The van der Waals surface area contributed by atoms with Crippen molar-refractivity contribution >= 4 is 22.4 Å². The van der Waals surface area contributed by atoms with Crippen molar-refractivity contribution in [2.75, 3.05) is 11.9 Å². The van der Waals surface area contributed by atoms with E-state index in [1.807, 2.05) is 24.4 Å². The standard InChI is InChI=1S/C24H28N2O2S/c1-5-6-18-8-11-19(12-9-18)21-15-29-24(25-21)26-23(27)14-28-22-13-20(16(2)3)10-7-17(22)4/h7-13,15-16H,5-6,14H2,1-4H3,(H,25,26,27). The molecule has 3 rings (SSSR count). The Morgan fingerprint density at radius 1 is 1.17 bits per heavy atom. The highest BCUT2D eigenvalue weighted by molar-refractivity contribution is 7.14. The van der Waals surface area contributed by atoms with Crippen LogP contribution in [0.15, 0.2) is 47.8 Å². The molecule has 0 bridgehead atoms. The van der Waals surface area contributed by atoms with Gasteiger partial charge >= 0.3 is 0 Å². The Bertz CT molecular complexity index is 961. The van der Waals surface area contributed by atoms with Gasteiger partial charge < -0.3 is 4.74 Å². The van der Waals surface area contributed by atoms with Gasteiger partial charge in [0.15, 0.2) is 11.7 Å². The van der Waals surface area contributed by atoms with Crippen LogP contribution in [-0.2, 0) is 11.2 Å². The molecule has 1 heterocycles. The number of ether oxygens (including phenoxy) is 1. The fraction of sp³-hybridized carbons (Fsp3) is 0.333. The molecule has 0 unspecified atom stereocenters. The molecule has 0 spiro atoms. The van der Waals surface area contributed by atoms with Crippen molar-refractivity contribution in [1.29, 1.82) is 0 Å². The molecule has 0 aliphatic heterocycles. The normalized spacial score (nSPS) is 10.9. The first-order chi connectivity index (χ1) is 14.0. The highest BCUT2D eigenvalue weighted by Gasteiger charge is 2.11. The number of hydrogen-bond acceptors (Lipinski definition) is 4. The number of amides is 1. The number of aryl methyl sites for hydroxylation is 2. The summed E-state index contributed by atoms with van der Waals surface area (Å²) < 4.78 is 5.75. The molecule has 5 heteroatoms. The van der Waals surface area contributed by atoms with Crippen LogP contribution in [-0.4, -0.2) is 17.5 Å². The van der Waals surface area contributed by atoms with Gasteiger partial charge in [-0.3, -0.25) is 10.1 Å². The Hall–Kier alpha value is -2.66.